The van der Waals surface area contributed by atoms with Crippen LogP contribution in [0.2, 0.25) is 0 Å². The number of hydrogen-bond donors (Lipinski definition) is 1. The summed E-state index contributed by atoms with van der Waals surface area (Å²) in [5.74, 6) is 1.94. The molecule has 0 aliphatic carbocycles. The molecule has 0 fully saturated rings. The maximum atomic E-state index is 10.1. The van der Waals surface area contributed by atoms with Crippen LogP contribution in [0.1, 0.15) is 26.2 Å². The summed E-state index contributed by atoms with van der Waals surface area (Å²) in [6, 6.07) is 0. The highest BCUT2D eigenvalue weighted by Gasteiger charge is 2.05. The third kappa shape index (κ3) is 5.17. The Morgan fingerprint density at radius 1 is 1.80 bits per heavy atom. The van der Waals surface area contributed by atoms with Gasteiger partial charge in [-0.15, -0.1) is 12.3 Å². The van der Waals surface area contributed by atoms with Gasteiger partial charge >= 0.3 is 5.97 Å². The Hall–Kier alpha value is -0.970. The van der Waals surface area contributed by atoms with Gasteiger partial charge in [-0.05, 0) is 12.3 Å². The fourth-order valence-electron chi connectivity index (χ4n) is 0.730. The van der Waals surface area contributed by atoms with Crippen LogP contribution in [0.15, 0.2) is 0 Å². The van der Waals surface area contributed by atoms with Crippen molar-refractivity contribution >= 4 is 5.97 Å². The van der Waals surface area contributed by atoms with E-state index in [2.05, 4.69) is 5.92 Å². The molecule has 1 N–H and O–H groups in total. The number of carboxylic acid groups (broad SMARTS) is 1. The highest BCUT2D eigenvalue weighted by molar-refractivity contribution is 5.66. The lowest BCUT2D eigenvalue weighted by molar-refractivity contribution is -0.138. The summed E-state index contributed by atoms with van der Waals surface area (Å²) in [5.41, 5.74) is 0. The minimum atomic E-state index is -0.746. The first kappa shape index (κ1) is 9.03. The molecule has 2 nitrogen and oxygen atoms in total. The maximum Gasteiger partial charge on any atom is 0.303 e. The highest BCUT2D eigenvalue weighted by atomic mass is 16.4. The van der Waals surface area contributed by atoms with Crippen molar-refractivity contribution in [3.8, 4) is 12.3 Å². The maximum absolute atomic E-state index is 10.1. The molecule has 0 aliphatic rings. The molecule has 56 valence electrons. The van der Waals surface area contributed by atoms with Crippen molar-refractivity contribution in [2.75, 3.05) is 0 Å². The predicted octanol–water partition coefficient (Wildman–Crippen LogP) is 1.51. The van der Waals surface area contributed by atoms with Crippen molar-refractivity contribution in [3.63, 3.8) is 0 Å². The van der Waals surface area contributed by atoms with Gasteiger partial charge in [-0.1, -0.05) is 6.92 Å². The van der Waals surface area contributed by atoms with Crippen LogP contribution in [0.25, 0.3) is 0 Å². The van der Waals surface area contributed by atoms with E-state index in [0.29, 0.717) is 6.42 Å². The second-order valence-electron chi connectivity index (χ2n) is 2.45. The number of carbonyl (C=O) groups is 1. The summed E-state index contributed by atoms with van der Waals surface area (Å²) in [6.45, 7) is 1.89. The summed E-state index contributed by atoms with van der Waals surface area (Å²) < 4.78 is 0. The summed E-state index contributed by atoms with van der Waals surface area (Å²) in [7, 11) is 0. The summed E-state index contributed by atoms with van der Waals surface area (Å²) in [5, 5.41) is 8.33. The number of hydrogen-bond acceptors (Lipinski definition) is 1. The SMILES string of the molecule is C#CCCC(C)CC(=O)O. The Morgan fingerprint density at radius 2 is 2.40 bits per heavy atom. The minimum Gasteiger partial charge on any atom is -0.481 e. The number of rotatable bonds is 4. The molecular formula is C8H12O2. The largest absolute Gasteiger partial charge is 0.481 e. The lowest BCUT2D eigenvalue weighted by Gasteiger charge is -2.03. The molecule has 1 atom stereocenters. The average Bonchev–Trinajstić information content (AvgIpc) is 1.82. The van der Waals surface area contributed by atoms with E-state index < -0.39 is 5.97 Å². The van der Waals surface area contributed by atoms with Crippen molar-refractivity contribution in [3.05, 3.63) is 0 Å². The molecule has 0 aliphatic heterocycles. The van der Waals surface area contributed by atoms with E-state index in [9.17, 15) is 4.79 Å². The fraction of sp³-hybridized carbons (Fsp3) is 0.625. The Bertz CT molecular complexity index is 144. The van der Waals surface area contributed by atoms with Crippen LogP contribution in [0.4, 0.5) is 0 Å². The normalized spacial score (nSPS) is 12.0. The zero-order chi connectivity index (χ0) is 7.98. The zero-order valence-corrected chi connectivity index (χ0v) is 6.13. The van der Waals surface area contributed by atoms with Gasteiger partial charge in [0.2, 0.25) is 0 Å². The van der Waals surface area contributed by atoms with Gasteiger partial charge < -0.3 is 5.11 Å². The molecule has 2 heteroatoms. The van der Waals surface area contributed by atoms with Crippen LogP contribution >= 0.6 is 0 Å². The Kier molecular flexibility index (Phi) is 4.39. The molecule has 0 bridgehead atoms. The van der Waals surface area contributed by atoms with E-state index in [1.165, 1.54) is 0 Å². The smallest absolute Gasteiger partial charge is 0.303 e. The Balaban J connectivity index is 3.36. The van der Waals surface area contributed by atoms with E-state index in [1.54, 1.807) is 0 Å². The van der Waals surface area contributed by atoms with Crippen LogP contribution in [0.3, 0.4) is 0 Å². The number of terminal acetylenes is 1. The highest BCUT2D eigenvalue weighted by Crippen LogP contribution is 2.08. The monoisotopic (exact) mass is 140 g/mol. The molecule has 0 aromatic rings. The molecule has 0 radical (unpaired) electrons. The third-order valence-corrected chi connectivity index (χ3v) is 1.30. The van der Waals surface area contributed by atoms with E-state index in [-0.39, 0.29) is 12.3 Å². The second kappa shape index (κ2) is 4.87. The molecule has 0 aromatic carbocycles. The van der Waals surface area contributed by atoms with Crippen molar-refractivity contribution in [1.82, 2.24) is 0 Å². The lowest BCUT2D eigenvalue weighted by Crippen LogP contribution is -2.03. The molecule has 0 rings (SSSR count). The van der Waals surface area contributed by atoms with Gasteiger partial charge in [0.1, 0.15) is 0 Å². The predicted molar refractivity (Wildman–Crippen MR) is 39.5 cm³/mol. The van der Waals surface area contributed by atoms with Crippen LogP contribution in [-0.4, -0.2) is 11.1 Å². The number of aliphatic carboxylic acids is 1. The molecule has 0 spiro atoms. The van der Waals surface area contributed by atoms with Crippen molar-refractivity contribution in [1.29, 1.82) is 0 Å². The Labute approximate surface area is 61.2 Å². The standard InChI is InChI=1S/C8H12O2/c1-3-4-5-7(2)6-8(9)10/h1,7H,4-6H2,2H3,(H,9,10). The quantitative estimate of drug-likeness (QED) is 0.601. The first-order valence-corrected chi connectivity index (χ1v) is 3.32. The van der Waals surface area contributed by atoms with Crippen molar-refractivity contribution in [2.24, 2.45) is 5.92 Å². The van der Waals surface area contributed by atoms with Crippen molar-refractivity contribution < 1.29 is 9.90 Å². The third-order valence-electron chi connectivity index (χ3n) is 1.30. The molecule has 0 amide bonds. The van der Waals surface area contributed by atoms with Crippen LogP contribution < -0.4 is 0 Å². The molecule has 0 heterocycles. The molecular weight excluding hydrogens is 128 g/mol. The van der Waals surface area contributed by atoms with Gasteiger partial charge in [-0.25, -0.2) is 0 Å². The van der Waals surface area contributed by atoms with Gasteiger partial charge in [0.15, 0.2) is 0 Å². The number of carboxylic acids is 1. The topological polar surface area (TPSA) is 37.3 Å². The van der Waals surface area contributed by atoms with Gasteiger partial charge in [-0.3, -0.25) is 4.79 Å². The molecule has 0 saturated heterocycles. The van der Waals surface area contributed by atoms with Gasteiger partial charge in [0.05, 0.1) is 0 Å². The first-order valence-electron chi connectivity index (χ1n) is 3.32. The van der Waals surface area contributed by atoms with E-state index in [0.717, 1.165) is 6.42 Å². The summed E-state index contributed by atoms with van der Waals surface area (Å²) in [4.78, 5) is 10.1. The van der Waals surface area contributed by atoms with E-state index in [1.807, 2.05) is 6.92 Å². The lowest BCUT2D eigenvalue weighted by atomic mass is 10.0. The van der Waals surface area contributed by atoms with Crippen LogP contribution in [0, 0.1) is 18.3 Å². The minimum absolute atomic E-state index is 0.202. The van der Waals surface area contributed by atoms with Gasteiger partial charge in [0, 0.05) is 12.8 Å². The first-order chi connectivity index (χ1) is 4.66. The van der Waals surface area contributed by atoms with Crippen LogP contribution in [-0.2, 0) is 4.79 Å². The van der Waals surface area contributed by atoms with Crippen LogP contribution in [0.5, 0.6) is 0 Å². The second-order valence-corrected chi connectivity index (χ2v) is 2.45. The summed E-state index contributed by atoms with van der Waals surface area (Å²) >= 11 is 0. The van der Waals surface area contributed by atoms with Gasteiger partial charge in [0.25, 0.3) is 0 Å². The molecule has 1 unspecified atom stereocenters. The van der Waals surface area contributed by atoms with Gasteiger partial charge in [-0.2, -0.15) is 0 Å². The zero-order valence-electron chi connectivity index (χ0n) is 6.13. The average molecular weight is 140 g/mol. The Morgan fingerprint density at radius 3 is 2.80 bits per heavy atom. The van der Waals surface area contributed by atoms with Crippen molar-refractivity contribution in [2.45, 2.75) is 26.2 Å². The molecule has 10 heavy (non-hydrogen) atoms. The van der Waals surface area contributed by atoms with E-state index >= 15 is 0 Å². The summed E-state index contributed by atoms with van der Waals surface area (Å²) in [6.07, 6.45) is 6.72. The van der Waals surface area contributed by atoms with E-state index in [4.69, 9.17) is 11.5 Å². The molecule has 0 aromatic heterocycles. The molecule has 0 saturated carbocycles. The fourth-order valence-corrected chi connectivity index (χ4v) is 0.730.